The number of piperidine rings is 1. The molecule has 2 amide bonds. The molecule has 5 rings (SSSR count). The van der Waals surface area contributed by atoms with Gasteiger partial charge in [0.15, 0.2) is 5.13 Å². The SMILES string of the molecule is O=C(NCCN1CCOCC1)C1CCN(C(=O)c2csc(Nc3cccc4ccccc34)n2)CC1. The minimum absolute atomic E-state index is 0.0391. The zero-order chi connectivity index (χ0) is 24.0. The van der Waals surface area contributed by atoms with Crippen molar-refractivity contribution in [3.63, 3.8) is 0 Å². The summed E-state index contributed by atoms with van der Waals surface area (Å²) in [7, 11) is 0. The largest absolute Gasteiger partial charge is 0.379 e. The molecule has 2 N–H and O–H groups in total. The van der Waals surface area contributed by atoms with Crippen LogP contribution in [-0.2, 0) is 9.53 Å². The highest BCUT2D eigenvalue weighted by atomic mass is 32.1. The number of carbonyl (C=O) groups excluding carboxylic acids is 2. The second-order valence-corrected chi connectivity index (χ2v) is 9.86. The molecule has 0 aliphatic carbocycles. The van der Waals surface area contributed by atoms with Gasteiger partial charge < -0.3 is 20.3 Å². The summed E-state index contributed by atoms with van der Waals surface area (Å²) in [5.74, 6) is -0.0123. The smallest absolute Gasteiger partial charge is 0.273 e. The highest BCUT2D eigenvalue weighted by molar-refractivity contribution is 7.14. The summed E-state index contributed by atoms with van der Waals surface area (Å²) < 4.78 is 5.36. The van der Waals surface area contributed by atoms with E-state index in [9.17, 15) is 9.59 Å². The van der Waals surface area contributed by atoms with E-state index in [0.29, 0.717) is 43.3 Å². The quantitative estimate of drug-likeness (QED) is 0.525. The van der Waals surface area contributed by atoms with Gasteiger partial charge in [0, 0.05) is 61.6 Å². The number of fused-ring (bicyclic) bond motifs is 1. The Labute approximate surface area is 209 Å². The second-order valence-electron chi connectivity index (χ2n) is 9.00. The van der Waals surface area contributed by atoms with Crippen LogP contribution in [0, 0.1) is 5.92 Å². The van der Waals surface area contributed by atoms with Crippen LogP contribution in [0.3, 0.4) is 0 Å². The lowest BCUT2D eigenvalue weighted by atomic mass is 9.95. The van der Waals surface area contributed by atoms with Crippen molar-refractivity contribution in [1.82, 2.24) is 20.1 Å². The number of aromatic nitrogens is 1. The first-order chi connectivity index (χ1) is 17.2. The number of anilines is 2. The van der Waals surface area contributed by atoms with E-state index in [1.165, 1.54) is 11.3 Å². The minimum atomic E-state index is -0.0709. The molecule has 184 valence electrons. The topological polar surface area (TPSA) is 86.8 Å². The number of hydrogen-bond donors (Lipinski definition) is 2. The van der Waals surface area contributed by atoms with Gasteiger partial charge in [0.2, 0.25) is 5.91 Å². The summed E-state index contributed by atoms with van der Waals surface area (Å²) >= 11 is 1.43. The first kappa shape index (κ1) is 23.7. The molecule has 2 aliphatic rings. The molecule has 8 nitrogen and oxygen atoms in total. The highest BCUT2D eigenvalue weighted by Crippen LogP contribution is 2.28. The average molecular weight is 494 g/mol. The van der Waals surface area contributed by atoms with Crippen LogP contribution < -0.4 is 10.6 Å². The van der Waals surface area contributed by atoms with Gasteiger partial charge in [-0.1, -0.05) is 36.4 Å². The monoisotopic (exact) mass is 493 g/mol. The molecule has 0 atom stereocenters. The van der Waals surface area contributed by atoms with Gasteiger partial charge in [-0.3, -0.25) is 14.5 Å². The molecule has 2 fully saturated rings. The first-order valence-electron chi connectivity index (χ1n) is 12.2. The van der Waals surface area contributed by atoms with Crippen LogP contribution >= 0.6 is 11.3 Å². The predicted molar refractivity (Wildman–Crippen MR) is 138 cm³/mol. The fourth-order valence-corrected chi connectivity index (χ4v) is 5.39. The van der Waals surface area contributed by atoms with Gasteiger partial charge in [0.25, 0.3) is 5.91 Å². The molecule has 3 aromatic rings. The van der Waals surface area contributed by atoms with Crippen molar-refractivity contribution >= 4 is 44.7 Å². The maximum absolute atomic E-state index is 13.0. The number of nitrogens with one attached hydrogen (secondary N) is 2. The summed E-state index contributed by atoms with van der Waals surface area (Å²) in [5, 5.41) is 11.2. The molecule has 0 bridgehead atoms. The van der Waals surface area contributed by atoms with Crippen LogP contribution in [0.4, 0.5) is 10.8 Å². The number of morpholine rings is 1. The molecule has 35 heavy (non-hydrogen) atoms. The lowest BCUT2D eigenvalue weighted by molar-refractivity contribution is -0.126. The van der Waals surface area contributed by atoms with E-state index in [2.05, 4.69) is 38.7 Å². The Kier molecular flexibility index (Phi) is 7.56. The van der Waals surface area contributed by atoms with Gasteiger partial charge in [-0.05, 0) is 24.3 Å². The van der Waals surface area contributed by atoms with Crippen LogP contribution in [-0.4, -0.2) is 79.1 Å². The van der Waals surface area contributed by atoms with E-state index in [1.807, 2.05) is 29.2 Å². The van der Waals surface area contributed by atoms with Gasteiger partial charge >= 0.3 is 0 Å². The predicted octanol–water partition coefficient (Wildman–Crippen LogP) is 3.34. The molecule has 1 aromatic heterocycles. The van der Waals surface area contributed by atoms with Crippen LogP contribution in [0.5, 0.6) is 0 Å². The van der Waals surface area contributed by atoms with E-state index in [-0.39, 0.29) is 17.7 Å². The number of amides is 2. The van der Waals surface area contributed by atoms with Gasteiger partial charge in [-0.2, -0.15) is 0 Å². The second kappa shape index (κ2) is 11.2. The van der Waals surface area contributed by atoms with Crippen molar-refractivity contribution in [2.75, 3.05) is 57.8 Å². The zero-order valence-electron chi connectivity index (χ0n) is 19.7. The van der Waals surface area contributed by atoms with E-state index >= 15 is 0 Å². The maximum atomic E-state index is 13.0. The maximum Gasteiger partial charge on any atom is 0.273 e. The van der Waals surface area contributed by atoms with Gasteiger partial charge in [0.05, 0.1) is 13.2 Å². The third-order valence-electron chi connectivity index (χ3n) is 6.74. The molecule has 2 saturated heterocycles. The van der Waals surface area contributed by atoms with Crippen molar-refractivity contribution in [2.45, 2.75) is 12.8 Å². The lowest BCUT2D eigenvalue weighted by Crippen LogP contribution is -2.45. The Morgan fingerprint density at radius 1 is 1.03 bits per heavy atom. The normalized spacial score (nSPS) is 17.4. The fraction of sp³-hybridized carbons (Fsp3) is 0.423. The standard InChI is InChI=1S/C26H31N5O3S/c32-24(27-10-13-30-14-16-34-17-15-30)20-8-11-31(12-9-20)25(33)23-18-35-26(29-23)28-22-7-3-5-19-4-1-2-6-21(19)22/h1-7,18,20H,8-17H2,(H,27,32)(H,28,29). The Morgan fingerprint density at radius 3 is 2.63 bits per heavy atom. The number of nitrogens with zero attached hydrogens (tertiary/aromatic N) is 3. The Morgan fingerprint density at radius 2 is 1.80 bits per heavy atom. The van der Waals surface area contributed by atoms with E-state index in [0.717, 1.165) is 49.3 Å². The molecular weight excluding hydrogens is 462 g/mol. The van der Waals surface area contributed by atoms with Crippen LogP contribution in [0.15, 0.2) is 47.8 Å². The third kappa shape index (κ3) is 5.80. The van der Waals surface area contributed by atoms with Crippen LogP contribution in [0.2, 0.25) is 0 Å². The molecule has 2 aromatic carbocycles. The number of likely N-dealkylation sites (tertiary alicyclic amines) is 1. The molecule has 9 heteroatoms. The Hall–Kier alpha value is -3.01. The number of rotatable bonds is 7. The summed E-state index contributed by atoms with van der Waals surface area (Å²) in [5.41, 5.74) is 1.42. The molecule has 0 unspecified atom stereocenters. The van der Waals surface area contributed by atoms with Crippen molar-refractivity contribution in [2.24, 2.45) is 5.92 Å². The number of thiazole rings is 1. The molecule has 0 spiro atoms. The summed E-state index contributed by atoms with van der Waals surface area (Å²) in [6, 6.07) is 14.3. The molecule has 2 aliphatic heterocycles. The van der Waals surface area contributed by atoms with Crippen molar-refractivity contribution in [3.8, 4) is 0 Å². The van der Waals surface area contributed by atoms with Gasteiger partial charge in [0.1, 0.15) is 5.69 Å². The Balaban J connectivity index is 1.10. The molecular formula is C26H31N5O3S. The van der Waals surface area contributed by atoms with Crippen molar-refractivity contribution in [1.29, 1.82) is 0 Å². The zero-order valence-corrected chi connectivity index (χ0v) is 20.6. The molecule has 0 saturated carbocycles. The summed E-state index contributed by atoms with van der Waals surface area (Å²) in [6.45, 7) is 6.03. The van der Waals surface area contributed by atoms with E-state index in [4.69, 9.17) is 4.74 Å². The van der Waals surface area contributed by atoms with Gasteiger partial charge in [-0.15, -0.1) is 11.3 Å². The van der Waals surface area contributed by atoms with Crippen LogP contribution in [0.25, 0.3) is 10.8 Å². The minimum Gasteiger partial charge on any atom is -0.379 e. The van der Waals surface area contributed by atoms with E-state index in [1.54, 1.807) is 5.38 Å². The fourth-order valence-electron chi connectivity index (χ4n) is 4.69. The number of benzene rings is 2. The van der Waals surface area contributed by atoms with Crippen molar-refractivity contribution in [3.05, 3.63) is 53.5 Å². The lowest BCUT2D eigenvalue weighted by Gasteiger charge is -2.31. The first-order valence-corrected chi connectivity index (χ1v) is 13.1. The van der Waals surface area contributed by atoms with Crippen molar-refractivity contribution < 1.29 is 14.3 Å². The molecule has 3 heterocycles. The van der Waals surface area contributed by atoms with Gasteiger partial charge in [-0.25, -0.2) is 4.98 Å². The third-order valence-corrected chi connectivity index (χ3v) is 7.50. The number of hydrogen-bond acceptors (Lipinski definition) is 7. The summed E-state index contributed by atoms with van der Waals surface area (Å²) in [4.78, 5) is 34.3. The molecule has 0 radical (unpaired) electrons. The summed E-state index contributed by atoms with van der Waals surface area (Å²) in [6.07, 6.45) is 1.36. The van der Waals surface area contributed by atoms with E-state index < -0.39 is 0 Å². The number of ether oxygens (including phenoxy) is 1. The highest BCUT2D eigenvalue weighted by Gasteiger charge is 2.28. The average Bonchev–Trinajstić information content (AvgIpc) is 3.38. The number of carbonyl (C=O) groups is 2. The van der Waals surface area contributed by atoms with Crippen LogP contribution in [0.1, 0.15) is 23.3 Å². The Bertz CT molecular complexity index is 1160.